The van der Waals surface area contributed by atoms with Crippen LogP contribution >= 0.6 is 0 Å². The predicted molar refractivity (Wildman–Crippen MR) is 84.3 cm³/mol. The van der Waals surface area contributed by atoms with E-state index >= 15 is 0 Å². The molecule has 0 heterocycles. The first kappa shape index (κ1) is 16.6. The molecule has 0 aromatic carbocycles. The second-order valence-corrected chi connectivity index (χ2v) is 6.12. The first-order valence-electron chi connectivity index (χ1n) is 8.66. The van der Waals surface area contributed by atoms with Gasteiger partial charge in [0.05, 0.1) is 12.4 Å². The molecule has 0 amide bonds. The van der Waals surface area contributed by atoms with Gasteiger partial charge in [-0.25, -0.2) is 0 Å². The Labute approximate surface area is 120 Å². The average molecular weight is 266 g/mol. The highest BCUT2D eigenvalue weighted by Crippen LogP contribution is 2.20. The van der Waals surface area contributed by atoms with Crippen LogP contribution in [0.5, 0.6) is 0 Å². The van der Waals surface area contributed by atoms with Crippen molar-refractivity contribution in [1.82, 2.24) is 0 Å². The lowest BCUT2D eigenvalue weighted by atomic mass is 10.0. The minimum absolute atomic E-state index is 0.687. The molecule has 1 nitrogen and oxygen atoms in total. The fourth-order valence-corrected chi connectivity index (χ4v) is 2.97. The van der Waals surface area contributed by atoms with Crippen molar-refractivity contribution in [2.24, 2.45) is 5.92 Å². The molecule has 0 fully saturated rings. The van der Waals surface area contributed by atoms with E-state index in [1.165, 1.54) is 76.4 Å². The number of ether oxygens (including phenoxy) is 1. The third kappa shape index (κ3) is 9.13. The van der Waals surface area contributed by atoms with Crippen molar-refractivity contribution in [2.75, 3.05) is 6.61 Å². The molecule has 1 atom stereocenters. The standard InChI is InChI=1S/C18H34O/c1-3-19-18-15-13-11-9-7-5-4-6-8-10-12-14-17(2)16-18/h16-17H,3-15H2,1-2H3. The van der Waals surface area contributed by atoms with Gasteiger partial charge in [-0.05, 0) is 31.8 Å². The summed E-state index contributed by atoms with van der Waals surface area (Å²) in [6, 6.07) is 0. The normalized spacial score (nSPS) is 24.9. The molecule has 0 aromatic rings. The maximum Gasteiger partial charge on any atom is 0.0922 e. The summed E-state index contributed by atoms with van der Waals surface area (Å²) in [4.78, 5) is 0. The summed E-state index contributed by atoms with van der Waals surface area (Å²) in [5, 5.41) is 0. The quantitative estimate of drug-likeness (QED) is 0.575. The molecule has 0 aliphatic heterocycles. The van der Waals surface area contributed by atoms with Gasteiger partial charge >= 0.3 is 0 Å². The predicted octanol–water partition coefficient (Wildman–Crippen LogP) is 6.24. The monoisotopic (exact) mass is 266 g/mol. The van der Waals surface area contributed by atoms with Crippen molar-refractivity contribution in [3.8, 4) is 0 Å². The van der Waals surface area contributed by atoms with Crippen LogP contribution in [-0.4, -0.2) is 6.61 Å². The van der Waals surface area contributed by atoms with Gasteiger partial charge in [0.1, 0.15) is 0 Å². The molecule has 0 radical (unpaired) electrons. The summed E-state index contributed by atoms with van der Waals surface area (Å²) in [5.41, 5.74) is 0. The van der Waals surface area contributed by atoms with E-state index in [0.717, 1.165) is 13.0 Å². The van der Waals surface area contributed by atoms with Gasteiger partial charge < -0.3 is 4.74 Å². The minimum Gasteiger partial charge on any atom is -0.499 e. The second-order valence-electron chi connectivity index (χ2n) is 6.12. The number of rotatable bonds is 2. The van der Waals surface area contributed by atoms with Crippen LogP contribution < -0.4 is 0 Å². The molecular formula is C18H34O. The maximum absolute atomic E-state index is 5.80. The van der Waals surface area contributed by atoms with Crippen molar-refractivity contribution in [3.63, 3.8) is 0 Å². The maximum atomic E-state index is 5.80. The van der Waals surface area contributed by atoms with Crippen LogP contribution in [0.1, 0.15) is 90.9 Å². The molecule has 112 valence electrons. The molecule has 0 spiro atoms. The van der Waals surface area contributed by atoms with Crippen LogP contribution in [0.15, 0.2) is 11.8 Å². The summed E-state index contributed by atoms with van der Waals surface area (Å²) in [5.74, 6) is 1.94. The van der Waals surface area contributed by atoms with Crippen LogP contribution in [0.25, 0.3) is 0 Å². The molecule has 1 unspecified atom stereocenters. The van der Waals surface area contributed by atoms with Gasteiger partial charge in [0.15, 0.2) is 0 Å². The van der Waals surface area contributed by atoms with Crippen molar-refractivity contribution in [3.05, 3.63) is 11.8 Å². The van der Waals surface area contributed by atoms with Gasteiger partial charge in [-0.3, -0.25) is 0 Å². The van der Waals surface area contributed by atoms with Gasteiger partial charge in [-0.15, -0.1) is 0 Å². The topological polar surface area (TPSA) is 9.23 Å². The zero-order chi connectivity index (χ0) is 13.8. The molecule has 1 aliphatic rings. The molecule has 0 saturated carbocycles. The van der Waals surface area contributed by atoms with Crippen LogP contribution in [0.3, 0.4) is 0 Å². The summed E-state index contributed by atoms with van der Waals surface area (Å²) < 4.78 is 5.80. The highest BCUT2D eigenvalue weighted by atomic mass is 16.5. The van der Waals surface area contributed by atoms with E-state index in [1.807, 2.05) is 0 Å². The van der Waals surface area contributed by atoms with E-state index in [-0.39, 0.29) is 0 Å². The average Bonchev–Trinajstić information content (AvgIpc) is 2.40. The van der Waals surface area contributed by atoms with E-state index in [2.05, 4.69) is 19.9 Å². The SMILES string of the molecule is CCOC1=CC(C)CCCCCCCCCCCC1. The lowest BCUT2D eigenvalue weighted by molar-refractivity contribution is 0.213. The fourth-order valence-electron chi connectivity index (χ4n) is 2.97. The molecule has 0 saturated heterocycles. The van der Waals surface area contributed by atoms with Crippen molar-refractivity contribution in [1.29, 1.82) is 0 Å². The fraction of sp³-hybridized carbons (Fsp3) is 0.889. The molecule has 1 heteroatoms. The Hall–Kier alpha value is -0.460. The number of allylic oxidation sites excluding steroid dienone is 2. The van der Waals surface area contributed by atoms with Gasteiger partial charge in [-0.1, -0.05) is 64.7 Å². The highest BCUT2D eigenvalue weighted by Gasteiger charge is 2.04. The number of hydrogen-bond donors (Lipinski definition) is 0. The van der Waals surface area contributed by atoms with Crippen LogP contribution in [0.4, 0.5) is 0 Å². The summed E-state index contributed by atoms with van der Waals surface area (Å²) in [7, 11) is 0. The Morgan fingerprint density at radius 2 is 1.42 bits per heavy atom. The highest BCUT2D eigenvalue weighted by molar-refractivity contribution is 4.96. The Morgan fingerprint density at radius 3 is 2.00 bits per heavy atom. The largest absolute Gasteiger partial charge is 0.499 e. The smallest absolute Gasteiger partial charge is 0.0922 e. The van der Waals surface area contributed by atoms with Gasteiger partial charge in [-0.2, -0.15) is 0 Å². The van der Waals surface area contributed by atoms with E-state index in [9.17, 15) is 0 Å². The molecule has 1 rings (SSSR count). The molecule has 0 aromatic heterocycles. The van der Waals surface area contributed by atoms with Gasteiger partial charge in [0.25, 0.3) is 0 Å². The first-order valence-corrected chi connectivity index (χ1v) is 8.66. The summed E-state index contributed by atoms with van der Waals surface area (Å²) in [6.45, 7) is 5.26. The molecule has 19 heavy (non-hydrogen) atoms. The van der Waals surface area contributed by atoms with E-state index in [0.29, 0.717) is 5.92 Å². The lowest BCUT2D eigenvalue weighted by Crippen LogP contribution is -1.98. The zero-order valence-corrected chi connectivity index (χ0v) is 13.3. The van der Waals surface area contributed by atoms with Gasteiger partial charge in [0.2, 0.25) is 0 Å². The summed E-state index contributed by atoms with van der Waals surface area (Å²) >= 11 is 0. The minimum atomic E-state index is 0.687. The van der Waals surface area contributed by atoms with E-state index in [4.69, 9.17) is 4.74 Å². The Morgan fingerprint density at radius 1 is 0.895 bits per heavy atom. The third-order valence-corrected chi connectivity index (χ3v) is 4.13. The lowest BCUT2D eigenvalue weighted by Gasteiger charge is -2.12. The van der Waals surface area contributed by atoms with Crippen molar-refractivity contribution >= 4 is 0 Å². The Bertz CT molecular complexity index is 232. The molecular weight excluding hydrogens is 232 g/mol. The van der Waals surface area contributed by atoms with Gasteiger partial charge in [0, 0.05) is 6.42 Å². The third-order valence-electron chi connectivity index (χ3n) is 4.13. The van der Waals surface area contributed by atoms with Crippen LogP contribution in [0.2, 0.25) is 0 Å². The second kappa shape index (κ2) is 11.4. The first-order chi connectivity index (χ1) is 9.33. The van der Waals surface area contributed by atoms with Crippen LogP contribution in [0, 0.1) is 5.92 Å². The summed E-state index contributed by atoms with van der Waals surface area (Å²) in [6.07, 6.45) is 19.0. The molecule has 0 bridgehead atoms. The molecule has 1 aliphatic carbocycles. The Balaban J connectivity index is 2.41. The van der Waals surface area contributed by atoms with E-state index in [1.54, 1.807) is 0 Å². The van der Waals surface area contributed by atoms with Crippen LogP contribution in [-0.2, 0) is 4.74 Å². The van der Waals surface area contributed by atoms with Crippen molar-refractivity contribution in [2.45, 2.75) is 90.9 Å². The Kier molecular flexibility index (Phi) is 9.93. The zero-order valence-electron chi connectivity index (χ0n) is 13.3. The van der Waals surface area contributed by atoms with E-state index < -0.39 is 0 Å². The number of hydrogen-bond acceptors (Lipinski definition) is 1. The van der Waals surface area contributed by atoms with Crippen molar-refractivity contribution < 1.29 is 4.74 Å². The molecule has 0 N–H and O–H groups in total.